The van der Waals surface area contributed by atoms with E-state index >= 15 is 0 Å². The van der Waals surface area contributed by atoms with Crippen molar-refractivity contribution in [2.24, 2.45) is 12.1 Å². The Morgan fingerprint density at radius 1 is 1.00 bits per heavy atom. The summed E-state index contributed by atoms with van der Waals surface area (Å²) in [4.78, 5) is 23.3. The monoisotopic (exact) mass is 462 g/mol. The molecule has 0 unspecified atom stereocenters. The van der Waals surface area contributed by atoms with Gasteiger partial charge in [0.2, 0.25) is 0 Å². The predicted molar refractivity (Wildman–Crippen MR) is 131 cm³/mol. The molecule has 0 saturated carbocycles. The fourth-order valence-corrected chi connectivity index (χ4v) is 3.68. The maximum Gasteiger partial charge on any atom is 0.335 e. The van der Waals surface area contributed by atoms with E-state index in [1.54, 1.807) is 18.7 Å². The summed E-state index contributed by atoms with van der Waals surface area (Å²) in [6.45, 7) is 3.84. The van der Waals surface area contributed by atoms with E-state index < -0.39 is 11.9 Å². The van der Waals surface area contributed by atoms with Gasteiger partial charge < -0.3 is 10.2 Å². The molecule has 0 aliphatic carbocycles. The fourth-order valence-electron chi connectivity index (χ4n) is 3.68. The van der Waals surface area contributed by atoms with Gasteiger partial charge in [0.15, 0.2) is 11.4 Å². The Morgan fingerprint density at radius 3 is 2.26 bits per heavy atom. The topological polar surface area (TPSA) is 117 Å². The standard InChI is InChI=1S/C26H30N4O4/c1-4-5-6-7-8-18-9-11-19(12-10-18)23-24(31)22(29-30(23)3)17(2)27-28-25(32)20-13-15-21(16-14-20)26(33)34/h9-16,31H,4-8H2,1-3H3,(H,28,32)(H,33,34)/b27-17-. The molecule has 178 valence electrons. The summed E-state index contributed by atoms with van der Waals surface area (Å²) in [7, 11) is 1.74. The molecule has 8 heteroatoms. The highest BCUT2D eigenvalue weighted by molar-refractivity contribution is 6.02. The van der Waals surface area contributed by atoms with Gasteiger partial charge in [-0.1, -0.05) is 50.5 Å². The predicted octanol–water partition coefficient (Wildman–Crippen LogP) is 4.77. The van der Waals surface area contributed by atoms with Gasteiger partial charge in [-0.3, -0.25) is 9.48 Å². The number of aromatic hydroxyl groups is 1. The van der Waals surface area contributed by atoms with E-state index in [1.165, 1.54) is 55.5 Å². The van der Waals surface area contributed by atoms with Gasteiger partial charge in [-0.2, -0.15) is 10.2 Å². The molecular formula is C26H30N4O4. The van der Waals surface area contributed by atoms with Crippen molar-refractivity contribution in [3.63, 3.8) is 0 Å². The maximum atomic E-state index is 12.3. The van der Waals surface area contributed by atoms with Crippen molar-refractivity contribution in [1.82, 2.24) is 15.2 Å². The van der Waals surface area contributed by atoms with Gasteiger partial charge in [-0.15, -0.1) is 0 Å². The molecule has 0 aliphatic heterocycles. The lowest BCUT2D eigenvalue weighted by atomic mass is 10.0. The van der Waals surface area contributed by atoms with Crippen molar-refractivity contribution < 1.29 is 19.8 Å². The second kappa shape index (κ2) is 11.3. The van der Waals surface area contributed by atoms with Crippen molar-refractivity contribution in [3.05, 3.63) is 70.9 Å². The van der Waals surface area contributed by atoms with Crippen LogP contribution in [0.1, 0.15) is 71.5 Å². The highest BCUT2D eigenvalue weighted by Gasteiger charge is 2.19. The quantitative estimate of drug-likeness (QED) is 0.228. The van der Waals surface area contributed by atoms with Crippen LogP contribution in [0.25, 0.3) is 11.3 Å². The molecule has 8 nitrogen and oxygen atoms in total. The van der Waals surface area contributed by atoms with Gasteiger partial charge >= 0.3 is 5.97 Å². The van der Waals surface area contributed by atoms with Gasteiger partial charge in [-0.05, 0) is 49.6 Å². The Kier molecular flexibility index (Phi) is 8.19. The zero-order valence-corrected chi connectivity index (χ0v) is 19.7. The average Bonchev–Trinajstić information content (AvgIpc) is 3.14. The van der Waals surface area contributed by atoms with Crippen LogP contribution in [0.5, 0.6) is 5.75 Å². The summed E-state index contributed by atoms with van der Waals surface area (Å²) in [5.41, 5.74) is 6.05. The average molecular weight is 463 g/mol. The van der Waals surface area contributed by atoms with Crippen molar-refractivity contribution >= 4 is 17.6 Å². The summed E-state index contributed by atoms with van der Waals surface area (Å²) in [5, 5.41) is 28.2. The van der Waals surface area contributed by atoms with E-state index in [-0.39, 0.29) is 22.6 Å². The Morgan fingerprint density at radius 2 is 1.65 bits per heavy atom. The number of benzene rings is 2. The van der Waals surface area contributed by atoms with Crippen LogP contribution in [0.15, 0.2) is 53.6 Å². The summed E-state index contributed by atoms with van der Waals surface area (Å²) < 4.78 is 1.59. The van der Waals surface area contributed by atoms with Crippen LogP contribution in [-0.4, -0.2) is 37.6 Å². The zero-order chi connectivity index (χ0) is 24.7. The SMILES string of the molecule is CCCCCCc1ccc(-c2c(O)c(/C(C)=N\NC(=O)c3ccc(C(=O)O)cc3)nn2C)cc1. The van der Waals surface area contributed by atoms with Gasteiger partial charge in [-0.25, -0.2) is 10.2 Å². The van der Waals surface area contributed by atoms with Crippen LogP contribution in [0.2, 0.25) is 0 Å². The number of hydrogen-bond donors (Lipinski definition) is 3. The summed E-state index contributed by atoms with van der Waals surface area (Å²) in [6, 6.07) is 13.6. The number of aromatic carboxylic acids is 1. The Labute approximate surface area is 198 Å². The first-order chi connectivity index (χ1) is 16.3. The van der Waals surface area contributed by atoms with Gasteiger partial charge in [0.05, 0.1) is 11.3 Å². The largest absolute Gasteiger partial charge is 0.504 e. The third-order valence-electron chi connectivity index (χ3n) is 5.63. The number of nitrogens with zero attached hydrogens (tertiary/aromatic N) is 3. The molecule has 3 rings (SSSR count). The molecule has 0 spiro atoms. The highest BCUT2D eigenvalue weighted by Crippen LogP contribution is 2.32. The Balaban J connectivity index is 1.71. The third kappa shape index (κ3) is 5.89. The number of aryl methyl sites for hydroxylation is 2. The van der Waals surface area contributed by atoms with Crippen LogP contribution >= 0.6 is 0 Å². The second-order valence-corrected chi connectivity index (χ2v) is 8.20. The number of amides is 1. The lowest BCUT2D eigenvalue weighted by Crippen LogP contribution is -2.19. The summed E-state index contributed by atoms with van der Waals surface area (Å²) >= 11 is 0. The molecule has 3 aromatic rings. The first-order valence-corrected chi connectivity index (χ1v) is 11.4. The third-order valence-corrected chi connectivity index (χ3v) is 5.63. The smallest absolute Gasteiger partial charge is 0.335 e. The molecule has 1 heterocycles. The van der Waals surface area contributed by atoms with E-state index in [9.17, 15) is 14.7 Å². The van der Waals surface area contributed by atoms with Gasteiger partial charge in [0.1, 0.15) is 5.69 Å². The summed E-state index contributed by atoms with van der Waals surface area (Å²) in [5.74, 6) is -1.58. The van der Waals surface area contributed by atoms with Gasteiger partial charge in [0.25, 0.3) is 5.91 Å². The molecule has 0 fully saturated rings. The van der Waals surface area contributed by atoms with E-state index in [0.717, 1.165) is 12.0 Å². The molecule has 0 aliphatic rings. The molecule has 2 aromatic carbocycles. The van der Waals surface area contributed by atoms with Crippen molar-refractivity contribution in [2.75, 3.05) is 0 Å². The van der Waals surface area contributed by atoms with Crippen molar-refractivity contribution in [1.29, 1.82) is 0 Å². The highest BCUT2D eigenvalue weighted by atomic mass is 16.4. The number of carboxylic acid groups (broad SMARTS) is 1. The molecule has 0 radical (unpaired) electrons. The number of nitrogens with one attached hydrogen (secondary N) is 1. The van der Waals surface area contributed by atoms with Crippen LogP contribution < -0.4 is 5.43 Å². The molecule has 0 saturated heterocycles. The molecule has 0 atom stereocenters. The molecule has 3 N–H and O–H groups in total. The van der Waals surface area contributed by atoms with E-state index in [4.69, 9.17) is 5.11 Å². The van der Waals surface area contributed by atoms with E-state index in [1.807, 2.05) is 12.1 Å². The molecule has 1 aromatic heterocycles. The fraction of sp³-hybridized carbons (Fsp3) is 0.308. The van der Waals surface area contributed by atoms with E-state index in [0.29, 0.717) is 11.4 Å². The zero-order valence-electron chi connectivity index (χ0n) is 19.7. The van der Waals surface area contributed by atoms with Crippen molar-refractivity contribution in [3.8, 4) is 17.0 Å². The number of carboxylic acids is 1. The minimum Gasteiger partial charge on any atom is -0.504 e. The first-order valence-electron chi connectivity index (χ1n) is 11.4. The van der Waals surface area contributed by atoms with Crippen molar-refractivity contribution in [2.45, 2.75) is 46.0 Å². The number of unbranched alkanes of at least 4 members (excludes halogenated alkanes) is 3. The van der Waals surface area contributed by atoms with Crippen LogP contribution in [0.3, 0.4) is 0 Å². The Bertz CT molecular complexity index is 1180. The number of carbonyl (C=O) groups is 2. The van der Waals surface area contributed by atoms with Crippen LogP contribution in [0, 0.1) is 0 Å². The maximum absolute atomic E-state index is 12.3. The van der Waals surface area contributed by atoms with Crippen LogP contribution in [0.4, 0.5) is 0 Å². The normalized spacial score (nSPS) is 11.4. The lowest BCUT2D eigenvalue weighted by molar-refractivity contribution is 0.0696. The molecule has 34 heavy (non-hydrogen) atoms. The summed E-state index contributed by atoms with van der Waals surface area (Å²) in [6.07, 6.45) is 5.90. The first kappa shape index (κ1) is 24.7. The number of carbonyl (C=O) groups excluding carboxylic acids is 1. The molecule has 1 amide bonds. The number of aromatic nitrogens is 2. The number of hydrogen-bond acceptors (Lipinski definition) is 5. The number of hydrazone groups is 1. The lowest BCUT2D eigenvalue weighted by Gasteiger charge is -2.06. The van der Waals surface area contributed by atoms with Gasteiger partial charge in [0, 0.05) is 18.2 Å². The Hall–Kier alpha value is -3.94. The minimum absolute atomic E-state index is 0.0143. The number of rotatable bonds is 10. The molecule has 0 bridgehead atoms. The minimum atomic E-state index is -1.07. The van der Waals surface area contributed by atoms with E-state index in [2.05, 4.69) is 34.7 Å². The van der Waals surface area contributed by atoms with Crippen LogP contribution in [-0.2, 0) is 13.5 Å². The molecular weight excluding hydrogens is 432 g/mol. The second-order valence-electron chi connectivity index (χ2n) is 8.20.